The first-order chi connectivity index (χ1) is 7.68. The van der Waals surface area contributed by atoms with Gasteiger partial charge in [0.25, 0.3) is 0 Å². The number of carbonyl (C=O) groups is 1. The maximum Gasteiger partial charge on any atom is 0.137 e. The molecular weight excluding hydrogens is 220 g/mol. The summed E-state index contributed by atoms with van der Waals surface area (Å²) in [5.41, 5.74) is 1.13. The largest absolute Gasteiger partial charge is 0.299 e. The molecule has 16 heavy (non-hydrogen) atoms. The fourth-order valence-electron chi connectivity index (χ4n) is 2.80. The Morgan fingerprint density at radius 2 is 1.81 bits per heavy atom. The van der Waals surface area contributed by atoms with Crippen LogP contribution >= 0.6 is 11.6 Å². The van der Waals surface area contributed by atoms with Gasteiger partial charge >= 0.3 is 0 Å². The van der Waals surface area contributed by atoms with E-state index in [1.807, 2.05) is 24.3 Å². The van der Waals surface area contributed by atoms with E-state index >= 15 is 0 Å². The van der Waals surface area contributed by atoms with Crippen molar-refractivity contribution >= 4 is 17.4 Å². The molecule has 1 fully saturated rings. The lowest BCUT2D eigenvalue weighted by Gasteiger charge is -2.21. The molecule has 86 valence electrons. The van der Waals surface area contributed by atoms with E-state index in [-0.39, 0.29) is 11.7 Å². The molecular formula is C14H17ClO. The summed E-state index contributed by atoms with van der Waals surface area (Å²) in [5.74, 6) is 0.910. The Bertz CT molecular complexity index is 363. The van der Waals surface area contributed by atoms with Gasteiger partial charge in [0.05, 0.1) is 0 Å². The molecule has 0 heterocycles. The van der Waals surface area contributed by atoms with Crippen molar-refractivity contribution in [2.75, 3.05) is 0 Å². The smallest absolute Gasteiger partial charge is 0.137 e. The summed E-state index contributed by atoms with van der Waals surface area (Å²) in [4.78, 5) is 11.8. The average molecular weight is 237 g/mol. The zero-order chi connectivity index (χ0) is 11.5. The van der Waals surface area contributed by atoms with Gasteiger partial charge in [0.2, 0.25) is 0 Å². The molecule has 1 unspecified atom stereocenters. The highest BCUT2D eigenvalue weighted by Crippen LogP contribution is 2.38. The second-order valence-electron chi connectivity index (χ2n) is 4.68. The van der Waals surface area contributed by atoms with Crippen LogP contribution in [-0.4, -0.2) is 5.78 Å². The van der Waals surface area contributed by atoms with Crippen LogP contribution in [0.25, 0.3) is 0 Å². The lowest BCUT2D eigenvalue weighted by Crippen LogP contribution is -2.17. The van der Waals surface area contributed by atoms with Crippen molar-refractivity contribution in [2.24, 2.45) is 5.92 Å². The Kier molecular flexibility index (Phi) is 3.65. The lowest BCUT2D eigenvalue weighted by atomic mass is 9.82. The third-order valence-electron chi connectivity index (χ3n) is 3.54. The molecule has 0 aliphatic heterocycles. The van der Waals surface area contributed by atoms with Gasteiger partial charge in [-0.1, -0.05) is 36.6 Å². The third kappa shape index (κ3) is 2.46. The van der Waals surface area contributed by atoms with Crippen LogP contribution in [0.2, 0.25) is 5.02 Å². The molecule has 2 rings (SSSR count). The summed E-state index contributed by atoms with van der Waals surface area (Å²) in [7, 11) is 0. The van der Waals surface area contributed by atoms with E-state index in [0.717, 1.165) is 10.6 Å². The third-order valence-corrected chi connectivity index (χ3v) is 3.79. The fraction of sp³-hybridized carbons (Fsp3) is 0.500. The van der Waals surface area contributed by atoms with E-state index in [9.17, 15) is 4.79 Å². The molecule has 0 aromatic heterocycles. The van der Waals surface area contributed by atoms with Crippen molar-refractivity contribution < 1.29 is 4.79 Å². The van der Waals surface area contributed by atoms with Gasteiger partial charge in [-0.2, -0.15) is 0 Å². The molecule has 0 bridgehead atoms. The topological polar surface area (TPSA) is 17.1 Å². The van der Waals surface area contributed by atoms with Gasteiger partial charge in [-0.3, -0.25) is 4.79 Å². The quantitative estimate of drug-likeness (QED) is 0.769. The summed E-state index contributed by atoms with van der Waals surface area (Å²) < 4.78 is 0. The molecule has 0 amide bonds. The van der Waals surface area contributed by atoms with Gasteiger partial charge in [-0.05, 0) is 43.4 Å². The van der Waals surface area contributed by atoms with E-state index in [0.29, 0.717) is 5.92 Å². The van der Waals surface area contributed by atoms with Crippen LogP contribution in [-0.2, 0) is 4.79 Å². The SMILES string of the molecule is CC(=O)C(c1ccc(Cl)cc1)C1CCCC1. The predicted molar refractivity (Wildman–Crippen MR) is 66.8 cm³/mol. The minimum atomic E-state index is 0.0831. The summed E-state index contributed by atoms with van der Waals surface area (Å²) >= 11 is 5.87. The Hall–Kier alpha value is -0.820. The highest BCUT2D eigenvalue weighted by atomic mass is 35.5. The minimum Gasteiger partial charge on any atom is -0.299 e. The number of hydrogen-bond donors (Lipinski definition) is 0. The monoisotopic (exact) mass is 236 g/mol. The van der Waals surface area contributed by atoms with Crippen molar-refractivity contribution in [3.8, 4) is 0 Å². The van der Waals surface area contributed by atoms with Crippen LogP contribution in [0.15, 0.2) is 24.3 Å². The molecule has 1 nitrogen and oxygen atoms in total. The van der Waals surface area contributed by atoms with Gasteiger partial charge in [0.1, 0.15) is 5.78 Å². The van der Waals surface area contributed by atoms with Crippen molar-refractivity contribution in [3.63, 3.8) is 0 Å². The standard InChI is InChI=1S/C14H17ClO/c1-10(16)14(11-4-2-3-5-11)12-6-8-13(15)9-7-12/h6-9,11,14H,2-5H2,1H3. The van der Waals surface area contributed by atoms with Crippen LogP contribution in [0.3, 0.4) is 0 Å². The molecule has 1 aromatic rings. The molecule has 1 atom stereocenters. The molecule has 0 radical (unpaired) electrons. The summed E-state index contributed by atoms with van der Waals surface area (Å²) in [6.45, 7) is 1.71. The zero-order valence-electron chi connectivity index (χ0n) is 9.58. The summed E-state index contributed by atoms with van der Waals surface area (Å²) in [6.07, 6.45) is 4.91. The zero-order valence-corrected chi connectivity index (χ0v) is 10.3. The second kappa shape index (κ2) is 5.01. The van der Waals surface area contributed by atoms with E-state index in [2.05, 4.69) is 0 Å². The van der Waals surface area contributed by atoms with E-state index in [1.54, 1.807) is 6.92 Å². The van der Waals surface area contributed by atoms with E-state index in [1.165, 1.54) is 25.7 Å². The lowest BCUT2D eigenvalue weighted by molar-refractivity contribution is -0.119. The van der Waals surface area contributed by atoms with Crippen LogP contribution in [0.1, 0.15) is 44.1 Å². The minimum absolute atomic E-state index is 0.0831. The van der Waals surface area contributed by atoms with Crippen molar-refractivity contribution in [2.45, 2.75) is 38.5 Å². The van der Waals surface area contributed by atoms with Crippen LogP contribution in [0.5, 0.6) is 0 Å². The molecule has 1 saturated carbocycles. The number of ketones is 1. The molecule has 0 spiro atoms. The van der Waals surface area contributed by atoms with Gasteiger partial charge in [0, 0.05) is 10.9 Å². The van der Waals surface area contributed by atoms with Crippen molar-refractivity contribution in [3.05, 3.63) is 34.9 Å². The molecule has 0 saturated heterocycles. The Morgan fingerprint density at radius 1 is 1.25 bits per heavy atom. The fourth-order valence-corrected chi connectivity index (χ4v) is 2.93. The molecule has 0 N–H and O–H groups in total. The van der Waals surface area contributed by atoms with Crippen molar-refractivity contribution in [1.29, 1.82) is 0 Å². The van der Waals surface area contributed by atoms with Crippen LogP contribution in [0.4, 0.5) is 0 Å². The van der Waals surface area contributed by atoms with Gasteiger partial charge < -0.3 is 0 Å². The molecule has 2 heteroatoms. The Morgan fingerprint density at radius 3 is 2.31 bits per heavy atom. The molecule has 1 aromatic carbocycles. The van der Waals surface area contributed by atoms with E-state index in [4.69, 9.17) is 11.6 Å². The van der Waals surface area contributed by atoms with Gasteiger partial charge in [-0.15, -0.1) is 0 Å². The van der Waals surface area contributed by atoms with Crippen LogP contribution < -0.4 is 0 Å². The number of carbonyl (C=O) groups excluding carboxylic acids is 1. The number of rotatable bonds is 3. The molecule has 1 aliphatic carbocycles. The number of halogens is 1. The maximum absolute atomic E-state index is 11.8. The summed E-state index contributed by atoms with van der Waals surface area (Å²) in [5, 5.41) is 0.734. The highest BCUT2D eigenvalue weighted by Gasteiger charge is 2.29. The normalized spacial score (nSPS) is 18.6. The average Bonchev–Trinajstić information content (AvgIpc) is 2.74. The van der Waals surface area contributed by atoms with Crippen LogP contribution in [0, 0.1) is 5.92 Å². The maximum atomic E-state index is 11.8. The first-order valence-electron chi connectivity index (χ1n) is 5.94. The summed E-state index contributed by atoms with van der Waals surface area (Å²) in [6, 6.07) is 7.74. The first-order valence-corrected chi connectivity index (χ1v) is 6.32. The Labute approximate surface area is 102 Å². The van der Waals surface area contributed by atoms with Gasteiger partial charge in [0.15, 0.2) is 0 Å². The number of Topliss-reactive ketones (excluding diaryl/α,β-unsaturated/α-hetero) is 1. The second-order valence-corrected chi connectivity index (χ2v) is 5.12. The number of benzene rings is 1. The number of hydrogen-bond acceptors (Lipinski definition) is 1. The van der Waals surface area contributed by atoms with Gasteiger partial charge in [-0.25, -0.2) is 0 Å². The van der Waals surface area contributed by atoms with Crippen molar-refractivity contribution in [1.82, 2.24) is 0 Å². The molecule has 1 aliphatic rings. The predicted octanol–water partition coefficient (Wildman–Crippen LogP) is 4.20. The van der Waals surface area contributed by atoms with E-state index < -0.39 is 0 Å². The highest BCUT2D eigenvalue weighted by molar-refractivity contribution is 6.30. The Balaban J connectivity index is 2.24. The first kappa shape index (κ1) is 11.7.